The van der Waals surface area contributed by atoms with E-state index in [0.29, 0.717) is 6.42 Å². The van der Waals surface area contributed by atoms with Crippen LogP contribution in [0, 0.1) is 19.8 Å². The summed E-state index contributed by atoms with van der Waals surface area (Å²) in [5.41, 5.74) is 0.980. The lowest BCUT2D eigenvalue weighted by atomic mass is 9.85. The lowest BCUT2D eigenvalue weighted by molar-refractivity contribution is -0.139. The van der Waals surface area contributed by atoms with Gasteiger partial charge in [0.1, 0.15) is 5.76 Å². The highest BCUT2D eigenvalue weighted by Gasteiger charge is 2.32. The van der Waals surface area contributed by atoms with Crippen molar-refractivity contribution < 1.29 is 19.2 Å². The van der Waals surface area contributed by atoms with Crippen molar-refractivity contribution >= 4 is 11.9 Å². The first-order chi connectivity index (χ1) is 9.65. The monoisotopic (exact) mass is 296 g/mol. The maximum absolute atomic E-state index is 12.1. The van der Waals surface area contributed by atoms with Crippen LogP contribution in [-0.4, -0.2) is 27.7 Å². The molecule has 1 amide bonds. The number of aliphatic carboxylic acids is 1. The molecule has 6 nitrogen and oxygen atoms in total. The summed E-state index contributed by atoms with van der Waals surface area (Å²) in [7, 11) is 0. The zero-order valence-corrected chi connectivity index (χ0v) is 13.3. The van der Waals surface area contributed by atoms with E-state index in [2.05, 4.69) is 10.5 Å². The van der Waals surface area contributed by atoms with Crippen LogP contribution in [-0.2, 0) is 16.0 Å². The van der Waals surface area contributed by atoms with Crippen molar-refractivity contribution in [1.82, 2.24) is 10.5 Å². The minimum absolute atomic E-state index is 0.0246. The highest BCUT2D eigenvalue weighted by atomic mass is 16.5. The van der Waals surface area contributed by atoms with Gasteiger partial charge in [-0.3, -0.25) is 9.59 Å². The molecule has 0 saturated heterocycles. The molecule has 0 aliphatic heterocycles. The molecule has 6 heteroatoms. The third-order valence-electron chi connectivity index (χ3n) is 4.00. The lowest BCUT2D eigenvalue weighted by Gasteiger charge is -2.33. The van der Waals surface area contributed by atoms with Crippen LogP contribution in [0.3, 0.4) is 0 Å². The van der Waals surface area contributed by atoms with E-state index >= 15 is 0 Å². The van der Waals surface area contributed by atoms with Gasteiger partial charge in [-0.1, -0.05) is 19.0 Å². The summed E-state index contributed by atoms with van der Waals surface area (Å²) in [6.45, 7) is 9.22. The van der Waals surface area contributed by atoms with E-state index < -0.39 is 11.5 Å². The molecular weight excluding hydrogens is 272 g/mol. The molecular formula is C15H24N2O4. The number of aromatic nitrogens is 1. The van der Waals surface area contributed by atoms with Crippen LogP contribution < -0.4 is 5.32 Å². The summed E-state index contributed by atoms with van der Waals surface area (Å²) in [6.07, 6.45) is 0.723. The molecule has 0 aliphatic carbocycles. The summed E-state index contributed by atoms with van der Waals surface area (Å²) in [5, 5.41) is 15.7. The van der Waals surface area contributed by atoms with Gasteiger partial charge in [-0.2, -0.15) is 0 Å². The second-order valence-corrected chi connectivity index (χ2v) is 5.99. The Balaban J connectivity index is 2.65. The Hall–Kier alpha value is -1.85. The minimum Gasteiger partial charge on any atom is -0.481 e. The molecule has 1 unspecified atom stereocenters. The number of aryl methyl sites for hydroxylation is 2. The van der Waals surface area contributed by atoms with Gasteiger partial charge in [0.05, 0.1) is 12.1 Å². The van der Waals surface area contributed by atoms with E-state index in [4.69, 9.17) is 9.63 Å². The van der Waals surface area contributed by atoms with Crippen LogP contribution >= 0.6 is 0 Å². The van der Waals surface area contributed by atoms with E-state index in [1.807, 2.05) is 27.7 Å². The van der Waals surface area contributed by atoms with Gasteiger partial charge in [0.15, 0.2) is 0 Å². The Labute approximate surface area is 124 Å². The van der Waals surface area contributed by atoms with Crippen LogP contribution in [0.1, 0.15) is 50.6 Å². The zero-order valence-electron chi connectivity index (χ0n) is 13.3. The first-order valence-electron chi connectivity index (χ1n) is 7.10. The first kappa shape index (κ1) is 17.2. The molecule has 1 aromatic rings. The topological polar surface area (TPSA) is 92.4 Å². The van der Waals surface area contributed by atoms with Crippen molar-refractivity contribution in [2.75, 3.05) is 0 Å². The van der Waals surface area contributed by atoms with Gasteiger partial charge in [-0.25, -0.2) is 0 Å². The second kappa shape index (κ2) is 6.74. The van der Waals surface area contributed by atoms with Gasteiger partial charge >= 0.3 is 5.97 Å². The predicted octanol–water partition coefficient (Wildman–Crippen LogP) is 2.23. The largest absolute Gasteiger partial charge is 0.481 e. The van der Waals surface area contributed by atoms with E-state index in [1.165, 1.54) is 0 Å². The SMILES string of the molecule is Cc1noc(C)c1CCC(=O)NC(C)(CC(=O)O)C(C)C. The van der Waals surface area contributed by atoms with E-state index in [0.717, 1.165) is 17.0 Å². The Morgan fingerprint density at radius 2 is 2.00 bits per heavy atom. The highest BCUT2D eigenvalue weighted by Crippen LogP contribution is 2.21. The number of nitrogens with zero attached hydrogens (tertiary/aromatic N) is 1. The highest BCUT2D eigenvalue weighted by molar-refractivity contribution is 5.78. The normalized spacial score (nSPS) is 14.0. The van der Waals surface area contributed by atoms with Crippen LogP contribution in [0.4, 0.5) is 0 Å². The Bertz CT molecular complexity index is 502. The molecule has 2 N–H and O–H groups in total. The van der Waals surface area contributed by atoms with Crippen molar-refractivity contribution in [3.05, 3.63) is 17.0 Å². The van der Waals surface area contributed by atoms with E-state index in [1.54, 1.807) is 6.92 Å². The molecule has 0 spiro atoms. The van der Waals surface area contributed by atoms with E-state index in [-0.39, 0.29) is 24.7 Å². The molecule has 0 aliphatic rings. The Morgan fingerprint density at radius 3 is 2.43 bits per heavy atom. The molecule has 1 aromatic heterocycles. The summed E-state index contributed by atoms with van der Waals surface area (Å²) in [5.74, 6) is -0.334. The molecule has 118 valence electrons. The van der Waals surface area contributed by atoms with E-state index in [9.17, 15) is 9.59 Å². The third kappa shape index (κ3) is 4.58. The third-order valence-corrected chi connectivity index (χ3v) is 4.00. The standard InChI is InChI=1S/C15H24N2O4/c1-9(2)15(5,8-14(19)20)16-13(18)7-6-12-10(3)17-21-11(12)4/h9H,6-8H2,1-5H3,(H,16,18)(H,19,20). The molecule has 1 rings (SSSR count). The van der Waals surface area contributed by atoms with Crippen molar-refractivity contribution in [3.63, 3.8) is 0 Å². The summed E-state index contributed by atoms with van der Waals surface area (Å²) in [6, 6.07) is 0. The van der Waals surface area contributed by atoms with Crippen molar-refractivity contribution in [2.24, 2.45) is 5.92 Å². The average molecular weight is 296 g/mol. The number of carbonyl (C=O) groups excluding carboxylic acids is 1. The van der Waals surface area contributed by atoms with Gasteiger partial charge in [0, 0.05) is 17.5 Å². The molecule has 21 heavy (non-hydrogen) atoms. The minimum atomic E-state index is -0.919. The lowest BCUT2D eigenvalue weighted by Crippen LogP contribution is -2.51. The number of hydrogen-bond acceptors (Lipinski definition) is 4. The van der Waals surface area contributed by atoms with Crippen molar-refractivity contribution in [1.29, 1.82) is 0 Å². The van der Waals surface area contributed by atoms with Crippen molar-refractivity contribution in [2.45, 2.75) is 59.4 Å². The van der Waals surface area contributed by atoms with Gasteiger partial charge in [0.2, 0.25) is 5.91 Å². The molecule has 0 bridgehead atoms. The summed E-state index contributed by atoms with van der Waals surface area (Å²) >= 11 is 0. The number of nitrogens with one attached hydrogen (secondary N) is 1. The molecule has 1 atom stereocenters. The van der Waals surface area contributed by atoms with Gasteiger partial charge in [-0.15, -0.1) is 0 Å². The fourth-order valence-electron chi connectivity index (χ4n) is 2.19. The summed E-state index contributed by atoms with van der Waals surface area (Å²) in [4.78, 5) is 23.1. The van der Waals surface area contributed by atoms with Crippen LogP contribution in [0.2, 0.25) is 0 Å². The quantitative estimate of drug-likeness (QED) is 0.805. The molecule has 0 aromatic carbocycles. The maximum atomic E-state index is 12.1. The van der Waals surface area contributed by atoms with Gasteiger partial charge < -0.3 is 14.9 Å². The van der Waals surface area contributed by atoms with Crippen LogP contribution in [0.15, 0.2) is 4.52 Å². The number of rotatable bonds is 7. The fourth-order valence-corrected chi connectivity index (χ4v) is 2.19. The fraction of sp³-hybridized carbons (Fsp3) is 0.667. The Morgan fingerprint density at radius 1 is 1.38 bits per heavy atom. The second-order valence-electron chi connectivity index (χ2n) is 5.99. The smallest absolute Gasteiger partial charge is 0.305 e. The molecule has 0 fully saturated rings. The van der Waals surface area contributed by atoms with Gasteiger partial charge in [-0.05, 0) is 33.1 Å². The van der Waals surface area contributed by atoms with Crippen LogP contribution in [0.25, 0.3) is 0 Å². The predicted molar refractivity (Wildman–Crippen MR) is 77.9 cm³/mol. The zero-order chi connectivity index (χ0) is 16.2. The average Bonchev–Trinajstić information content (AvgIpc) is 2.65. The number of carbonyl (C=O) groups is 2. The molecule has 0 saturated carbocycles. The van der Waals surface area contributed by atoms with Gasteiger partial charge in [0.25, 0.3) is 0 Å². The Kier molecular flexibility index (Phi) is 5.52. The van der Waals surface area contributed by atoms with Crippen molar-refractivity contribution in [3.8, 4) is 0 Å². The first-order valence-corrected chi connectivity index (χ1v) is 7.10. The molecule has 0 radical (unpaired) electrons. The summed E-state index contributed by atoms with van der Waals surface area (Å²) < 4.78 is 5.06. The number of hydrogen-bond donors (Lipinski definition) is 2. The molecule has 1 heterocycles. The number of amides is 1. The maximum Gasteiger partial charge on any atom is 0.305 e. The number of carboxylic acids is 1. The van der Waals surface area contributed by atoms with Crippen LogP contribution in [0.5, 0.6) is 0 Å². The number of carboxylic acid groups (broad SMARTS) is 1.